The first kappa shape index (κ1) is 14.5. The van der Waals surface area contributed by atoms with Gasteiger partial charge < -0.3 is 10.1 Å². The summed E-state index contributed by atoms with van der Waals surface area (Å²) in [5.74, 6) is 1.34. The van der Waals surface area contributed by atoms with Crippen LogP contribution in [0.4, 0.5) is 0 Å². The third-order valence-corrected chi connectivity index (χ3v) is 3.77. The predicted octanol–water partition coefficient (Wildman–Crippen LogP) is 1.78. The molecule has 22 heavy (non-hydrogen) atoms. The molecule has 1 amide bonds. The second kappa shape index (κ2) is 7.02. The van der Waals surface area contributed by atoms with Gasteiger partial charge in [-0.05, 0) is 24.5 Å². The molecule has 114 valence electrons. The molecule has 0 aliphatic carbocycles. The van der Waals surface area contributed by atoms with Gasteiger partial charge in [0.05, 0.1) is 12.3 Å². The number of hydrogen-bond acceptors (Lipinski definition) is 4. The largest absolute Gasteiger partial charge is 0.493 e. The maximum Gasteiger partial charge on any atom is 0.220 e. The molecule has 1 unspecified atom stereocenters. The highest BCUT2D eigenvalue weighted by molar-refractivity contribution is 5.76. The number of aryl methyl sites for hydroxylation is 1. The van der Waals surface area contributed by atoms with Crippen molar-refractivity contribution in [1.82, 2.24) is 15.3 Å². The minimum absolute atomic E-state index is 0.0458. The first-order valence-corrected chi connectivity index (χ1v) is 7.53. The quantitative estimate of drug-likeness (QED) is 0.913. The zero-order chi connectivity index (χ0) is 15.2. The van der Waals surface area contributed by atoms with Gasteiger partial charge in [0.2, 0.25) is 5.91 Å². The number of nitrogens with one attached hydrogen (secondary N) is 1. The van der Waals surface area contributed by atoms with E-state index in [2.05, 4.69) is 21.4 Å². The number of aromatic nitrogens is 2. The van der Waals surface area contributed by atoms with Crippen LogP contribution in [0, 0.1) is 5.92 Å². The number of rotatable bonds is 5. The zero-order valence-electron chi connectivity index (χ0n) is 12.4. The summed E-state index contributed by atoms with van der Waals surface area (Å²) >= 11 is 0. The monoisotopic (exact) mass is 297 g/mol. The molecule has 0 fully saturated rings. The molecule has 0 spiro atoms. The van der Waals surface area contributed by atoms with E-state index in [1.54, 1.807) is 18.6 Å². The fourth-order valence-corrected chi connectivity index (χ4v) is 2.57. The van der Waals surface area contributed by atoms with Crippen LogP contribution in [0.5, 0.6) is 5.75 Å². The summed E-state index contributed by atoms with van der Waals surface area (Å²) in [7, 11) is 0. The lowest BCUT2D eigenvalue weighted by atomic mass is 9.97. The summed E-state index contributed by atoms with van der Waals surface area (Å²) in [5, 5.41) is 2.99. The number of para-hydroxylation sites is 1. The number of carbonyl (C=O) groups excluding carboxylic acids is 1. The summed E-state index contributed by atoms with van der Waals surface area (Å²) in [6.45, 7) is 1.30. The molecule has 1 atom stereocenters. The predicted molar refractivity (Wildman–Crippen MR) is 82.5 cm³/mol. The first-order chi connectivity index (χ1) is 10.8. The van der Waals surface area contributed by atoms with Crippen LogP contribution < -0.4 is 10.1 Å². The van der Waals surface area contributed by atoms with Crippen LogP contribution >= 0.6 is 0 Å². The average Bonchev–Trinajstić information content (AvgIpc) is 2.59. The van der Waals surface area contributed by atoms with Crippen molar-refractivity contribution >= 4 is 5.91 Å². The standard InChI is InChI=1S/C17H19N3O2/c21-17(6-5-15-11-18-7-8-19-15)20-10-13-9-14-3-1-2-4-16(14)22-12-13/h1-4,7-8,11,13H,5-6,9-10,12H2,(H,20,21). The lowest BCUT2D eigenvalue weighted by Gasteiger charge is -2.25. The Bertz CT molecular complexity index is 631. The van der Waals surface area contributed by atoms with Crippen molar-refractivity contribution in [3.05, 3.63) is 54.1 Å². The van der Waals surface area contributed by atoms with Crippen molar-refractivity contribution in [2.45, 2.75) is 19.3 Å². The van der Waals surface area contributed by atoms with Crippen LogP contribution in [0.3, 0.4) is 0 Å². The summed E-state index contributed by atoms with van der Waals surface area (Å²) in [4.78, 5) is 20.1. The molecule has 1 aromatic heterocycles. The van der Waals surface area contributed by atoms with Crippen molar-refractivity contribution in [2.24, 2.45) is 5.92 Å². The third kappa shape index (κ3) is 3.81. The van der Waals surface area contributed by atoms with Crippen molar-refractivity contribution in [2.75, 3.05) is 13.2 Å². The minimum Gasteiger partial charge on any atom is -0.493 e. The molecule has 0 bridgehead atoms. The molecular weight excluding hydrogens is 278 g/mol. The lowest BCUT2D eigenvalue weighted by molar-refractivity contribution is -0.121. The molecule has 1 aliphatic rings. The van der Waals surface area contributed by atoms with E-state index in [9.17, 15) is 4.79 Å². The van der Waals surface area contributed by atoms with Crippen LogP contribution in [-0.2, 0) is 17.6 Å². The molecule has 0 saturated heterocycles. The molecule has 2 heterocycles. The van der Waals surface area contributed by atoms with Gasteiger partial charge in [-0.2, -0.15) is 0 Å². The normalized spacial score (nSPS) is 16.5. The Morgan fingerprint density at radius 1 is 1.32 bits per heavy atom. The lowest BCUT2D eigenvalue weighted by Crippen LogP contribution is -2.34. The van der Waals surface area contributed by atoms with E-state index in [4.69, 9.17) is 4.74 Å². The minimum atomic E-state index is 0.0458. The highest BCUT2D eigenvalue weighted by Crippen LogP contribution is 2.26. The second-order valence-electron chi connectivity index (χ2n) is 5.49. The van der Waals surface area contributed by atoms with Gasteiger partial charge in [-0.25, -0.2) is 0 Å². The Balaban J connectivity index is 1.42. The van der Waals surface area contributed by atoms with E-state index in [-0.39, 0.29) is 5.91 Å². The van der Waals surface area contributed by atoms with Crippen LogP contribution in [-0.4, -0.2) is 29.0 Å². The van der Waals surface area contributed by atoms with Crippen molar-refractivity contribution in [3.63, 3.8) is 0 Å². The number of carbonyl (C=O) groups is 1. The van der Waals surface area contributed by atoms with E-state index < -0.39 is 0 Å². The zero-order valence-corrected chi connectivity index (χ0v) is 12.4. The van der Waals surface area contributed by atoms with Gasteiger partial charge in [-0.15, -0.1) is 0 Å². The smallest absolute Gasteiger partial charge is 0.220 e. The Morgan fingerprint density at radius 2 is 2.23 bits per heavy atom. The number of hydrogen-bond donors (Lipinski definition) is 1. The van der Waals surface area contributed by atoms with Crippen LogP contribution in [0.2, 0.25) is 0 Å². The van der Waals surface area contributed by atoms with E-state index in [0.717, 1.165) is 17.9 Å². The molecule has 0 radical (unpaired) electrons. The number of amides is 1. The molecule has 1 aromatic carbocycles. The van der Waals surface area contributed by atoms with Crippen LogP contribution in [0.25, 0.3) is 0 Å². The molecule has 3 rings (SSSR count). The summed E-state index contributed by atoms with van der Waals surface area (Å²) in [5.41, 5.74) is 2.06. The first-order valence-electron chi connectivity index (χ1n) is 7.53. The van der Waals surface area contributed by atoms with E-state index in [1.165, 1.54) is 5.56 Å². The molecule has 1 N–H and O–H groups in total. The van der Waals surface area contributed by atoms with Gasteiger partial charge in [0.25, 0.3) is 0 Å². The van der Waals surface area contributed by atoms with E-state index in [1.807, 2.05) is 18.2 Å². The Labute approximate surface area is 129 Å². The van der Waals surface area contributed by atoms with Crippen LogP contribution in [0.15, 0.2) is 42.9 Å². The van der Waals surface area contributed by atoms with Gasteiger partial charge in [0.1, 0.15) is 5.75 Å². The van der Waals surface area contributed by atoms with Gasteiger partial charge in [-0.1, -0.05) is 18.2 Å². The molecule has 2 aromatic rings. The van der Waals surface area contributed by atoms with Crippen molar-refractivity contribution < 1.29 is 9.53 Å². The molecule has 0 saturated carbocycles. The Morgan fingerprint density at radius 3 is 3.09 bits per heavy atom. The summed E-state index contributed by atoms with van der Waals surface area (Å²) in [6.07, 6.45) is 6.96. The summed E-state index contributed by atoms with van der Waals surface area (Å²) in [6, 6.07) is 8.07. The number of nitrogens with zero attached hydrogens (tertiary/aromatic N) is 2. The number of ether oxygens (including phenoxy) is 1. The Kier molecular flexibility index (Phi) is 4.63. The molecule has 1 aliphatic heterocycles. The van der Waals surface area contributed by atoms with E-state index in [0.29, 0.717) is 31.9 Å². The number of fused-ring (bicyclic) bond motifs is 1. The highest BCUT2D eigenvalue weighted by Gasteiger charge is 2.19. The van der Waals surface area contributed by atoms with Gasteiger partial charge in [0.15, 0.2) is 0 Å². The highest BCUT2D eigenvalue weighted by atomic mass is 16.5. The van der Waals surface area contributed by atoms with Gasteiger partial charge >= 0.3 is 0 Å². The molecular formula is C17H19N3O2. The second-order valence-corrected chi connectivity index (χ2v) is 5.49. The van der Waals surface area contributed by atoms with Crippen LogP contribution in [0.1, 0.15) is 17.7 Å². The van der Waals surface area contributed by atoms with Crippen molar-refractivity contribution in [3.8, 4) is 5.75 Å². The van der Waals surface area contributed by atoms with Gasteiger partial charge in [0, 0.05) is 37.5 Å². The summed E-state index contributed by atoms with van der Waals surface area (Å²) < 4.78 is 5.73. The Hall–Kier alpha value is -2.43. The van der Waals surface area contributed by atoms with Crippen molar-refractivity contribution in [1.29, 1.82) is 0 Å². The number of benzene rings is 1. The maximum absolute atomic E-state index is 11.9. The topological polar surface area (TPSA) is 64.1 Å². The average molecular weight is 297 g/mol. The van der Waals surface area contributed by atoms with E-state index >= 15 is 0 Å². The molecule has 5 nitrogen and oxygen atoms in total. The fourth-order valence-electron chi connectivity index (χ4n) is 2.57. The molecule has 5 heteroatoms. The maximum atomic E-state index is 11.9. The fraction of sp³-hybridized carbons (Fsp3) is 0.353. The third-order valence-electron chi connectivity index (χ3n) is 3.77. The van der Waals surface area contributed by atoms with Gasteiger partial charge in [-0.3, -0.25) is 14.8 Å². The SMILES string of the molecule is O=C(CCc1cnccn1)NCC1COc2ccccc2C1.